The number of nitrogens with one attached hydrogen (secondary N) is 1. The van der Waals surface area contributed by atoms with Crippen molar-refractivity contribution in [2.24, 2.45) is 0 Å². The summed E-state index contributed by atoms with van der Waals surface area (Å²) in [5.74, 6) is -0.207. The fourth-order valence-corrected chi connectivity index (χ4v) is 2.20. The van der Waals surface area contributed by atoms with Gasteiger partial charge in [-0.2, -0.15) is 0 Å². The van der Waals surface area contributed by atoms with Crippen molar-refractivity contribution in [2.75, 3.05) is 11.1 Å². The van der Waals surface area contributed by atoms with Crippen LogP contribution in [0.2, 0.25) is 5.02 Å². The molecule has 0 saturated carbocycles. The highest BCUT2D eigenvalue weighted by molar-refractivity contribution is 6.34. The molecule has 4 heteroatoms. The van der Waals surface area contributed by atoms with Crippen molar-refractivity contribution in [1.29, 1.82) is 0 Å². The lowest BCUT2D eigenvalue weighted by atomic mass is 10.0. The summed E-state index contributed by atoms with van der Waals surface area (Å²) in [5, 5.41) is 3.34. The lowest BCUT2D eigenvalue weighted by Gasteiger charge is -2.12. The summed E-state index contributed by atoms with van der Waals surface area (Å²) in [6, 6.07) is 9.11. The Kier molecular flexibility index (Phi) is 4.00. The van der Waals surface area contributed by atoms with Gasteiger partial charge in [-0.15, -0.1) is 0 Å². The van der Waals surface area contributed by atoms with Gasteiger partial charge >= 0.3 is 0 Å². The van der Waals surface area contributed by atoms with E-state index in [1.165, 1.54) is 0 Å². The molecule has 0 spiro atoms. The predicted molar refractivity (Wildman–Crippen MR) is 84.5 cm³/mol. The van der Waals surface area contributed by atoms with Crippen LogP contribution in [0.15, 0.2) is 30.3 Å². The summed E-state index contributed by atoms with van der Waals surface area (Å²) in [6.07, 6.45) is 0. The SMILES string of the molecule is Cc1ccc(Cl)c(NC(=O)c2cc(N)c(C)cc2C)c1. The number of anilines is 2. The van der Waals surface area contributed by atoms with E-state index in [0.29, 0.717) is 22.0 Å². The average molecular weight is 289 g/mol. The lowest BCUT2D eigenvalue weighted by Crippen LogP contribution is -2.14. The molecule has 0 aromatic heterocycles. The van der Waals surface area contributed by atoms with E-state index >= 15 is 0 Å². The Labute approximate surface area is 123 Å². The minimum Gasteiger partial charge on any atom is -0.398 e. The first kappa shape index (κ1) is 14.4. The molecule has 0 fully saturated rings. The van der Waals surface area contributed by atoms with Crippen molar-refractivity contribution in [1.82, 2.24) is 0 Å². The number of carbonyl (C=O) groups excluding carboxylic acids is 1. The Balaban J connectivity index is 2.33. The predicted octanol–water partition coefficient (Wildman–Crippen LogP) is 4.10. The maximum Gasteiger partial charge on any atom is 0.256 e. The van der Waals surface area contributed by atoms with E-state index in [0.717, 1.165) is 16.7 Å². The van der Waals surface area contributed by atoms with E-state index in [1.807, 2.05) is 39.0 Å². The van der Waals surface area contributed by atoms with Crippen LogP contribution in [0.4, 0.5) is 11.4 Å². The maximum absolute atomic E-state index is 12.3. The molecule has 0 saturated heterocycles. The molecular weight excluding hydrogens is 272 g/mol. The zero-order chi connectivity index (χ0) is 14.9. The van der Waals surface area contributed by atoms with Crippen LogP contribution in [-0.4, -0.2) is 5.91 Å². The summed E-state index contributed by atoms with van der Waals surface area (Å²) in [5.41, 5.74) is 10.5. The zero-order valence-electron chi connectivity index (χ0n) is 11.8. The number of nitrogen functional groups attached to an aromatic ring is 1. The fourth-order valence-electron chi connectivity index (χ4n) is 2.04. The summed E-state index contributed by atoms with van der Waals surface area (Å²) < 4.78 is 0. The van der Waals surface area contributed by atoms with Gasteiger partial charge < -0.3 is 11.1 Å². The topological polar surface area (TPSA) is 55.1 Å². The monoisotopic (exact) mass is 288 g/mol. The van der Waals surface area contributed by atoms with Crippen LogP contribution in [0.5, 0.6) is 0 Å². The van der Waals surface area contributed by atoms with Crippen LogP contribution in [0.3, 0.4) is 0 Å². The van der Waals surface area contributed by atoms with Gasteiger partial charge in [-0.25, -0.2) is 0 Å². The molecule has 2 aromatic carbocycles. The first-order valence-corrected chi connectivity index (χ1v) is 6.70. The van der Waals surface area contributed by atoms with E-state index < -0.39 is 0 Å². The summed E-state index contributed by atoms with van der Waals surface area (Å²) in [7, 11) is 0. The van der Waals surface area contributed by atoms with Gasteiger partial charge in [0.2, 0.25) is 0 Å². The lowest BCUT2D eigenvalue weighted by molar-refractivity contribution is 0.102. The minimum absolute atomic E-state index is 0.207. The van der Waals surface area contributed by atoms with Gasteiger partial charge in [0.15, 0.2) is 0 Å². The van der Waals surface area contributed by atoms with E-state index in [1.54, 1.807) is 12.1 Å². The van der Waals surface area contributed by atoms with Gasteiger partial charge in [-0.3, -0.25) is 4.79 Å². The normalized spacial score (nSPS) is 10.4. The van der Waals surface area contributed by atoms with Crippen molar-refractivity contribution in [3.05, 3.63) is 57.6 Å². The third kappa shape index (κ3) is 2.94. The number of carbonyl (C=O) groups is 1. The van der Waals surface area contributed by atoms with Crippen LogP contribution in [0.1, 0.15) is 27.0 Å². The minimum atomic E-state index is -0.207. The molecule has 20 heavy (non-hydrogen) atoms. The third-order valence-corrected chi connectivity index (χ3v) is 3.56. The molecule has 104 valence electrons. The molecule has 0 bridgehead atoms. The van der Waals surface area contributed by atoms with Crippen LogP contribution in [0.25, 0.3) is 0 Å². The number of halogens is 1. The van der Waals surface area contributed by atoms with E-state index in [9.17, 15) is 4.79 Å². The Morgan fingerprint density at radius 3 is 2.50 bits per heavy atom. The molecule has 3 N–H and O–H groups in total. The van der Waals surface area contributed by atoms with Gasteiger partial charge in [-0.05, 0) is 55.7 Å². The Morgan fingerprint density at radius 1 is 1.10 bits per heavy atom. The zero-order valence-corrected chi connectivity index (χ0v) is 12.5. The number of benzene rings is 2. The summed E-state index contributed by atoms with van der Waals surface area (Å²) in [6.45, 7) is 5.75. The van der Waals surface area contributed by atoms with Crippen molar-refractivity contribution >= 4 is 28.9 Å². The molecule has 0 unspecified atom stereocenters. The molecular formula is C16H17ClN2O. The molecule has 0 atom stereocenters. The molecule has 0 aliphatic rings. The molecule has 0 heterocycles. The number of rotatable bonds is 2. The average Bonchev–Trinajstić information content (AvgIpc) is 2.38. The summed E-state index contributed by atoms with van der Waals surface area (Å²) in [4.78, 5) is 12.3. The number of aryl methyl sites for hydroxylation is 3. The second-order valence-corrected chi connectivity index (χ2v) is 5.37. The highest BCUT2D eigenvalue weighted by Crippen LogP contribution is 2.25. The number of nitrogens with two attached hydrogens (primary N) is 1. The van der Waals surface area contributed by atoms with Crippen LogP contribution in [0, 0.1) is 20.8 Å². The van der Waals surface area contributed by atoms with Gasteiger partial charge in [0.1, 0.15) is 0 Å². The molecule has 0 aliphatic heterocycles. The highest BCUT2D eigenvalue weighted by Gasteiger charge is 2.12. The quantitative estimate of drug-likeness (QED) is 0.818. The van der Waals surface area contributed by atoms with E-state index in [4.69, 9.17) is 17.3 Å². The molecule has 1 amide bonds. The van der Waals surface area contributed by atoms with Gasteiger partial charge in [0.25, 0.3) is 5.91 Å². The smallest absolute Gasteiger partial charge is 0.256 e. The number of amides is 1. The van der Waals surface area contributed by atoms with Crippen LogP contribution < -0.4 is 11.1 Å². The van der Waals surface area contributed by atoms with Gasteiger partial charge in [0, 0.05) is 11.3 Å². The van der Waals surface area contributed by atoms with Crippen molar-refractivity contribution < 1.29 is 4.79 Å². The molecule has 2 aromatic rings. The Bertz CT molecular complexity index is 680. The second-order valence-electron chi connectivity index (χ2n) is 4.96. The Morgan fingerprint density at radius 2 is 1.80 bits per heavy atom. The standard InChI is InChI=1S/C16H17ClN2O/c1-9-4-5-13(17)15(6-9)19-16(20)12-8-14(18)11(3)7-10(12)2/h4-8H,18H2,1-3H3,(H,19,20). The van der Waals surface area contributed by atoms with Gasteiger partial charge in [0.05, 0.1) is 10.7 Å². The number of hydrogen-bond acceptors (Lipinski definition) is 2. The highest BCUT2D eigenvalue weighted by atomic mass is 35.5. The molecule has 0 aliphatic carbocycles. The van der Waals surface area contributed by atoms with Crippen LogP contribution in [-0.2, 0) is 0 Å². The van der Waals surface area contributed by atoms with Gasteiger partial charge in [-0.1, -0.05) is 23.7 Å². The van der Waals surface area contributed by atoms with Crippen molar-refractivity contribution in [3.63, 3.8) is 0 Å². The van der Waals surface area contributed by atoms with Crippen LogP contribution >= 0.6 is 11.6 Å². The first-order chi connectivity index (χ1) is 9.38. The molecule has 3 nitrogen and oxygen atoms in total. The third-order valence-electron chi connectivity index (χ3n) is 3.23. The largest absolute Gasteiger partial charge is 0.398 e. The van der Waals surface area contributed by atoms with Crippen molar-refractivity contribution in [3.8, 4) is 0 Å². The van der Waals surface area contributed by atoms with E-state index in [2.05, 4.69) is 5.32 Å². The Hall–Kier alpha value is -2.00. The molecule has 2 rings (SSSR count). The molecule has 0 radical (unpaired) electrons. The maximum atomic E-state index is 12.3. The van der Waals surface area contributed by atoms with E-state index in [-0.39, 0.29) is 5.91 Å². The van der Waals surface area contributed by atoms with Crippen molar-refractivity contribution in [2.45, 2.75) is 20.8 Å². The number of hydrogen-bond donors (Lipinski definition) is 2. The fraction of sp³-hybridized carbons (Fsp3) is 0.188. The second kappa shape index (κ2) is 5.55. The first-order valence-electron chi connectivity index (χ1n) is 6.32. The summed E-state index contributed by atoms with van der Waals surface area (Å²) >= 11 is 6.08.